The van der Waals surface area contributed by atoms with Gasteiger partial charge in [-0.25, -0.2) is 9.59 Å². The van der Waals surface area contributed by atoms with E-state index in [1.54, 1.807) is 30.3 Å². The van der Waals surface area contributed by atoms with E-state index in [1.165, 1.54) is 33.3 Å². The Kier molecular flexibility index (Phi) is 5.82. The lowest BCUT2D eigenvalue weighted by Crippen LogP contribution is -2.10. The Hall–Kier alpha value is -3.81. The first-order chi connectivity index (χ1) is 13.9. The number of benzene rings is 2. The van der Waals surface area contributed by atoms with Gasteiger partial charge in [-0.3, -0.25) is 4.79 Å². The number of carbonyl (C=O) groups excluding carboxylic acids is 2. The number of anilines is 1. The highest BCUT2D eigenvalue weighted by atomic mass is 16.5. The van der Waals surface area contributed by atoms with E-state index in [0.717, 1.165) is 0 Å². The maximum Gasteiger partial charge on any atom is 0.342 e. The van der Waals surface area contributed by atoms with Gasteiger partial charge in [0.2, 0.25) is 5.91 Å². The molecule has 1 N–H and O–H groups in total. The molecule has 0 fully saturated rings. The van der Waals surface area contributed by atoms with Crippen LogP contribution in [0.1, 0.15) is 22.8 Å². The molecule has 0 atom stereocenters. The van der Waals surface area contributed by atoms with Gasteiger partial charge >= 0.3 is 11.6 Å². The number of hydrogen-bond donors (Lipinski definition) is 1. The summed E-state index contributed by atoms with van der Waals surface area (Å²) < 4.78 is 21.0. The largest absolute Gasteiger partial charge is 0.493 e. The molecular formula is C21H19NO7. The number of nitrogens with one attached hydrogen (secondary N) is 1. The first kappa shape index (κ1) is 19.9. The van der Waals surface area contributed by atoms with Gasteiger partial charge in [0.1, 0.15) is 17.8 Å². The maximum atomic E-state index is 12.6. The topological polar surface area (TPSA) is 104 Å². The van der Waals surface area contributed by atoms with Crippen molar-refractivity contribution in [2.75, 3.05) is 19.5 Å². The number of ether oxygens (including phenoxy) is 3. The van der Waals surface area contributed by atoms with Crippen molar-refractivity contribution in [3.05, 3.63) is 64.0 Å². The van der Waals surface area contributed by atoms with Crippen LogP contribution >= 0.6 is 0 Å². The Balaban J connectivity index is 1.88. The third-order valence-corrected chi connectivity index (χ3v) is 4.13. The predicted molar refractivity (Wildman–Crippen MR) is 105 cm³/mol. The fourth-order valence-corrected chi connectivity index (χ4v) is 2.90. The zero-order valence-corrected chi connectivity index (χ0v) is 16.1. The molecule has 0 radical (unpaired) electrons. The molecule has 0 saturated carbocycles. The van der Waals surface area contributed by atoms with Crippen LogP contribution in [0.4, 0.5) is 5.69 Å². The van der Waals surface area contributed by atoms with E-state index in [-0.39, 0.29) is 29.4 Å². The lowest BCUT2D eigenvalue weighted by molar-refractivity contribution is -0.114. The summed E-state index contributed by atoms with van der Waals surface area (Å²) in [6, 6.07) is 11.0. The standard InChI is InChI=1S/C21H19NO7/c1-12(23)22-14-7-8-15-13(9-19(24)29-18(15)10-14)11-28-21(25)16-5-4-6-17(26-2)20(16)27-3/h4-10H,11H2,1-3H3,(H,22,23). The second-order valence-electron chi connectivity index (χ2n) is 6.10. The van der Waals surface area contributed by atoms with Crippen LogP contribution in [0.2, 0.25) is 0 Å². The molecule has 0 aliphatic heterocycles. The number of methoxy groups -OCH3 is 2. The van der Waals surface area contributed by atoms with Crippen LogP contribution in [0.3, 0.4) is 0 Å². The van der Waals surface area contributed by atoms with Crippen molar-refractivity contribution in [3.8, 4) is 11.5 Å². The summed E-state index contributed by atoms with van der Waals surface area (Å²) in [5.74, 6) is -0.211. The molecule has 1 heterocycles. The van der Waals surface area contributed by atoms with E-state index in [1.807, 2.05) is 0 Å². The molecule has 29 heavy (non-hydrogen) atoms. The van der Waals surface area contributed by atoms with Gasteiger partial charge < -0.3 is 23.9 Å². The van der Waals surface area contributed by atoms with E-state index in [0.29, 0.717) is 22.4 Å². The zero-order chi connectivity index (χ0) is 21.0. The first-order valence-corrected chi connectivity index (χ1v) is 8.65. The first-order valence-electron chi connectivity index (χ1n) is 8.65. The van der Waals surface area contributed by atoms with Crippen LogP contribution in [0.15, 0.2) is 51.7 Å². The van der Waals surface area contributed by atoms with Gasteiger partial charge in [-0.1, -0.05) is 6.07 Å². The molecule has 8 nitrogen and oxygen atoms in total. The van der Waals surface area contributed by atoms with Crippen LogP contribution in [-0.2, 0) is 16.1 Å². The highest BCUT2D eigenvalue weighted by Gasteiger charge is 2.18. The summed E-state index contributed by atoms with van der Waals surface area (Å²) in [4.78, 5) is 35.7. The fourth-order valence-electron chi connectivity index (χ4n) is 2.90. The number of para-hydroxylation sites is 1. The third-order valence-electron chi connectivity index (χ3n) is 4.13. The van der Waals surface area contributed by atoms with Crippen molar-refractivity contribution in [2.24, 2.45) is 0 Å². The maximum absolute atomic E-state index is 12.6. The Bertz CT molecular complexity index is 1130. The molecule has 150 valence electrons. The Morgan fingerprint density at radius 2 is 1.86 bits per heavy atom. The van der Waals surface area contributed by atoms with Gasteiger partial charge in [0, 0.05) is 35.7 Å². The average molecular weight is 397 g/mol. The summed E-state index contributed by atoms with van der Waals surface area (Å²) in [5.41, 5.74) is 0.840. The number of fused-ring (bicyclic) bond motifs is 1. The summed E-state index contributed by atoms with van der Waals surface area (Å²) >= 11 is 0. The van der Waals surface area contributed by atoms with Crippen LogP contribution in [0, 0.1) is 0 Å². The summed E-state index contributed by atoms with van der Waals surface area (Å²) in [6.45, 7) is 1.23. The predicted octanol–water partition coefficient (Wildman–Crippen LogP) is 3.13. The van der Waals surface area contributed by atoms with E-state index < -0.39 is 11.6 Å². The molecule has 0 bridgehead atoms. The minimum absolute atomic E-state index is 0.152. The molecule has 2 aromatic carbocycles. The Morgan fingerprint density at radius 3 is 2.55 bits per heavy atom. The fraction of sp³-hybridized carbons (Fsp3) is 0.190. The van der Waals surface area contributed by atoms with Gasteiger partial charge in [0.05, 0.1) is 14.2 Å². The number of hydrogen-bond acceptors (Lipinski definition) is 7. The van der Waals surface area contributed by atoms with Crippen LogP contribution in [-0.4, -0.2) is 26.1 Å². The zero-order valence-electron chi connectivity index (χ0n) is 16.1. The van der Waals surface area contributed by atoms with Crippen molar-refractivity contribution in [1.29, 1.82) is 0 Å². The van der Waals surface area contributed by atoms with Gasteiger partial charge in [0.25, 0.3) is 0 Å². The molecule has 1 amide bonds. The molecule has 0 spiro atoms. The highest BCUT2D eigenvalue weighted by molar-refractivity contribution is 5.94. The molecule has 3 aromatic rings. The Labute approximate surface area is 166 Å². The summed E-state index contributed by atoms with van der Waals surface area (Å²) in [7, 11) is 2.90. The normalized spacial score (nSPS) is 10.4. The van der Waals surface area contributed by atoms with Crippen LogP contribution in [0.25, 0.3) is 11.0 Å². The molecule has 0 aliphatic rings. The van der Waals surface area contributed by atoms with E-state index >= 15 is 0 Å². The number of rotatable bonds is 6. The van der Waals surface area contributed by atoms with Crippen molar-refractivity contribution < 1.29 is 28.2 Å². The minimum atomic E-state index is -0.628. The molecule has 0 aliphatic carbocycles. The van der Waals surface area contributed by atoms with E-state index in [9.17, 15) is 14.4 Å². The van der Waals surface area contributed by atoms with Crippen LogP contribution < -0.4 is 20.4 Å². The smallest absolute Gasteiger partial charge is 0.342 e. The molecule has 0 saturated heterocycles. The van der Waals surface area contributed by atoms with Gasteiger partial charge in [0.15, 0.2) is 11.5 Å². The van der Waals surface area contributed by atoms with Gasteiger partial charge in [-0.15, -0.1) is 0 Å². The third kappa shape index (κ3) is 4.37. The summed E-state index contributed by atoms with van der Waals surface area (Å²) in [5, 5.41) is 3.21. The molecule has 3 rings (SSSR count). The average Bonchev–Trinajstić information content (AvgIpc) is 2.70. The molecule has 1 aromatic heterocycles. The van der Waals surface area contributed by atoms with Gasteiger partial charge in [-0.05, 0) is 24.3 Å². The van der Waals surface area contributed by atoms with E-state index in [2.05, 4.69) is 5.32 Å². The van der Waals surface area contributed by atoms with Crippen molar-refractivity contribution in [3.63, 3.8) is 0 Å². The molecule has 0 unspecified atom stereocenters. The lowest BCUT2D eigenvalue weighted by atomic mass is 10.1. The monoisotopic (exact) mass is 397 g/mol. The van der Waals surface area contributed by atoms with Crippen molar-refractivity contribution in [2.45, 2.75) is 13.5 Å². The minimum Gasteiger partial charge on any atom is -0.493 e. The van der Waals surface area contributed by atoms with E-state index in [4.69, 9.17) is 18.6 Å². The molecular weight excluding hydrogens is 378 g/mol. The number of carbonyl (C=O) groups is 2. The van der Waals surface area contributed by atoms with Gasteiger partial charge in [-0.2, -0.15) is 0 Å². The Morgan fingerprint density at radius 1 is 1.07 bits per heavy atom. The van der Waals surface area contributed by atoms with Crippen molar-refractivity contribution in [1.82, 2.24) is 0 Å². The second kappa shape index (κ2) is 8.47. The number of esters is 1. The van der Waals surface area contributed by atoms with Crippen LogP contribution in [0.5, 0.6) is 11.5 Å². The lowest BCUT2D eigenvalue weighted by Gasteiger charge is -2.12. The quantitative estimate of drug-likeness (QED) is 0.503. The summed E-state index contributed by atoms with van der Waals surface area (Å²) in [6.07, 6.45) is 0. The van der Waals surface area contributed by atoms with Crippen molar-refractivity contribution >= 4 is 28.5 Å². The second-order valence-corrected chi connectivity index (χ2v) is 6.10. The highest BCUT2D eigenvalue weighted by Crippen LogP contribution is 2.31. The SMILES string of the molecule is COc1cccc(C(=O)OCc2cc(=O)oc3cc(NC(C)=O)ccc23)c1OC. The molecule has 8 heteroatoms. The number of amides is 1.